The molecule has 1 aliphatic carbocycles. The van der Waals surface area contributed by atoms with E-state index in [1.807, 2.05) is 19.1 Å². The fraction of sp³-hybridized carbons (Fsp3) is 0.538. The zero-order valence-electron chi connectivity index (χ0n) is 9.61. The van der Waals surface area contributed by atoms with E-state index in [4.69, 9.17) is 0 Å². The van der Waals surface area contributed by atoms with Crippen molar-refractivity contribution < 1.29 is 10.2 Å². The lowest BCUT2D eigenvalue weighted by atomic mass is 10.1. The molecule has 0 bridgehead atoms. The summed E-state index contributed by atoms with van der Waals surface area (Å²) in [6, 6.07) is 5.56. The first-order chi connectivity index (χ1) is 7.66. The van der Waals surface area contributed by atoms with E-state index < -0.39 is 0 Å². The molecule has 2 rings (SSSR count). The smallest absolute Gasteiger partial charge is 0.120 e. The lowest BCUT2D eigenvalue weighted by Crippen LogP contribution is -2.27. The Morgan fingerprint density at radius 2 is 2.19 bits per heavy atom. The Labute approximate surface area is 96.1 Å². The summed E-state index contributed by atoms with van der Waals surface area (Å²) in [5, 5.41) is 22.5. The van der Waals surface area contributed by atoms with Crippen LogP contribution < -0.4 is 5.32 Å². The van der Waals surface area contributed by atoms with Crippen molar-refractivity contribution in [1.82, 2.24) is 5.32 Å². The van der Waals surface area contributed by atoms with Gasteiger partial charge in [-0.25, -0.2) is 0 Å². The molecule has 3 heteroatoms. The van der Waals surface area contributed by atoms with Gasteiger partial charge >= 0.3 is 0 Å². The highest BCUT2D eigenvalue weighted by atomic mass is 16.3. The Morgan fingerprint density at radius 3 is 2.88 bits per heavy atom. The van der Waals surface area contributed by atoms with Gasteiger partial charge < -0.3 is 15.5 Å². The molecule has 0 saturated heterocycles. The van der Waals surface area contributed by atoms with E-state index in [1.165, 1.54) is 0 Å². The third kappa shape index (κ3) is 2.97. The largest absolute Gasteiger partial charge is 0.508 e. The topological polar surface area (TPSA) is 52.5 Å². The van der Waals surface area contributed by atoms with Crippen molar-refractivity contribution in [3.05, 3.63) is 29.3 Å². The molecule has 0 aliphatic heterocycles. The molecule has 0 radical (unpaired) electrons. The number of hydrogen-bond acceptors (Lipinski definition) is 3. The molecule has 1 aromatic carbocycles. The number of hydrogen-bond donors (Lipinski definition) is 3. The number of phenolic OH excluding ortho intramolecular Hbond substituents is 1. The Hall–Kier alpha value is -1.06. The fourth-order valence-corrected chi connectivity index (χ4v) is 1.86. The summed E-state index contributed by atoms with van der Waals surface area (Å²) < 4.78 is 0. The normalized spacial score (nSPS) is 17.4. The minimum absolute atomic E-state index is 0.230. The lowest BCUT2D eigenvalue weighted by molar-refractivity contribution is 0.148. The first-order valence-corrected chi connectivity index (χ1v) is 5.84. The van der Waals surface area contributed by atoms with Gasteiger partial charge in [0.25, 0.3) is 0 Å². The lowest BCUT2D eigenvalue weighted by Gasteiger charge is -2.11. The highest BCUT2D eigenvalue weighted by Gasteiger charge is 2.29. The van der Waals surface area contributed by atoms with Crippen LogP contribution in [0.1, 0.15) is 24.0 Å². The molecule has 1 saturated carbocycles. The molecule has 3 nitrogen and oxygen atoms in total. The number of aryl methyl sites for hydroxylation is 1. The highest BCUT2D eigenvalue weighted by molar-refractivity contribution is 5.35. The predicted molar refractivity (Wildman–Crippen MR) is 63.3 cm³/mol. The second-order valence-electron chi connectivity index (χ2n) is 4.67. The van der Waals surface area contributed by atoms with E-state index in [-0.39, 0.29) is 6.10 Å². The van der Waals surface area contributed by atoms with Crippen LogP contribution in [0.5, 0.6) is 5.75 Å². The van der Waals surface area contributed by atoms with Crippen LogP contribution in [0.25, 0.3) is 0 Å². The van der Waals surface area contributed by atoms with Gasteiger partial charge in [0.15, 0.2) is 0 Å². The van der Waals surface area contributed by atoms with Gasteiger partial charge in [0.1, 0.15) is 5.75 Å². The molecule has 88 valence electrons. The second-order valence-corrected chi connectivity index (χ2v) is 4.67. The van der Waals surface area contributed by atoms with Crippen molar-refractivity contribution in [2.24, 2.45) is 5.92 Å². The summed E-state index contributed by atoms with van der Waals surface area (Å²) in [4.78, 5) is 0. The van der Waals surface area contributed by atoms with Gasteiger partial charge in [0.05, 0.1) is 6.10 Å². The zero-order chi connectivity index (χ0) is 11.5. The summed E-state index contributed by atoms with van der Waals surface area (Å²) in [6.45, 7) is 3.22. The molecule has 1 atom stereocenters. The van der Waals surface area contributed by atoms with Crippen molar-refractivity contribution in [2.45, 2.75) is 32.4 Å². The van der Waals surface area contributed by atoms with Crippen LogP contribution in [0.15, 0.2) is 18.2 Å². The number of benzene rings is 1. The van der Waals surface area contributed by atoms with Crippen LogP contribution in [0, 0.1) is 12.8 Å². The molecule has 0 heterocycles. The third-order valence-corrected chi connectivity index (χ3v) is 3.07. The summed E-state index contributed by atoms with van der Waals surface area (Å²) in [7, 11) is 0. The van der Waals surface area contributed by atoms with E-state index >= 15 is 0 Å². The number of aromatic hydroxyl groups is 1. The fourth-order valence-electron chi connectivity index (χ4n) is 1.86. The molecular formula is C13H19NO2. The second kappa shape index (κ2) is 4.85. The van der Waals surface area contributed by atoms with Crippen LogP contribution in [-0.4, -0.2) is 22.9 Å². The van der Waals surface area contributed by atoms with Gasteiger partial charge in [-0.2, -0.15) is 0 Å². The van der Waals surface area contributed by atoms with Gasteiger partial charge in [-0.15, -0.1) is 0 Å². The van der Waals surface area contributed by atoms with Crippen molar-refractivity contribution in [2.75, 3.05) is 6.54 Å². The molecule has 16 heavy (non-hydrogen) atoms. The van der Waals surface area contributed by atoms with Crippen LogP contribution in [-0.2, 0) is 6.54 Å². The molecule has 1 unspecified atom stereocenters. The molecule has 0 spiro atoms. The van der Waals surface area contributed by atoms with Crippen molar-refractivity contribution in [3.8, 4) is 5.75 Å². The van der Waals surface area contributed by atoms with E-state index in [2.05, 4.69) is 5.32 Å². The van der Waals surface area contributed by atoms with Crippen LogP contribution >= 0.6 is 0 Å². The van der Waals surface area contributed by atoms with Crippen LogP contribution in [0.3, 0.4) is 0 Å². The van der Waals surface area contributed by atoms with Crippen LogP contribution in [0.4, 0.5) is 0 Å². The maximum Gasteiger partial charge on any atom is 0.120 e. The number of aliphatic hydroxyl groups is 1. The summed E-state index contributed by atoms with van der Waals surface area (Å²) in [5.41, 5.74) is 2.03. The molecule has 0 amide bonds. The SMILES string of the molecule is Cc1ccc(O)c(CNCC(O)C2CC2)c1. The Balaban J connectivity index is 1.81. The quantitative estimate of drug-likeness (QED) is 0.707. The number of aliphatic hydroxyl groups excluding tert-OH is 1. The highest BCUT2D eigenvalue weighted by Crippen LogP contribution is 2.32. The van der Waals surface area contributed by atoms with E-state index in [0.29, 0.717) is 24.8 Å². The molecular weight excluding hydrogens is 202 g/mol. The number of rotatable bonds is 5. The maximum atomic E-state index is 9.67. The maximum absolute atomic E-state index is 9.67. The van der Waals surface area contributed by atoms with Gasteiger partial charge in [-0.1, -0.05) is 17.7 Å². The van der Waals surface area contributed by atoms with Crippen molar-refractivity contribution in [1.29, 1.82) is 0 Å². The Morgan fingerprint density at radius 1 is 1.44 bits per heavy atom. The first kappa shape index (κ1) is 11.4. The van der Waals surface area contributed by atoms with Gasteiger partial charge in [-0.05, 0) is 31.7 Å². The monoisotopic (exact) mass is 221 g/mol. The molecule has 1 aliphatic rings. The van der Waals surface area contributed by atoms with E-state index in [1.54, 1.807) is 6.07 Å². The third-order valence-electron chi connectivity index (χ3n) is 3.07. The average Bonchev–Trinajstić information content (AvgIpc) is 3.06. The average molecular weight is 221 g/mol. The van der Waals surface area contributed by atoms with Gasteiger partial charge in [-0.3, -0.25) is 0 Å². The summed E-state index contributed by atoms with van der Waals surface area (Å²) in [5.74, 6) is 0.817. The van der Waals surface area contributed by atoms with Gasteiger partial charge in [0, 0.05) is 18.7 Å². The zero-order valence-corrected chi connectivity index (χ0v) is 9.61. The molecule has 0 aromatic heterocycles. The Bertz CT molecular complexity index is 361. The standard InChI is InChI=1S/C13H19NO2/c1-9-2-5-12(15)11(6-9)7-14-8-13(16)10-3-4-10/h2,5-6,10,13-16H,3-4,7-8H2,1H3. The minimum atomic E-state index is -0.230. The van der Waals surface area contributed by atoms with Crippen molar-refractivity contribution in [3.63, 3.8) is 0 Å². The molecule has 3 N–H and O–H groups in total. The van der Waals surface area contributed by atoms with Crippen LogP contribution in [0.2, 0.25) is 0 Å². The van der Waals surface area contributed by atoms with Gasteiger partial charge in [0.2, 0.25) is 0 Å². The number of nitrogens with one attached hydrogen (secondary N) is 1. The van der Waals surface area contributed by atoms with E-state index in [0.717, 1.165) is 24.0 Å². The molecule has 1 fully saturated rings. The van der Waals surface area contributed by atoms with E-state index in [9.17, 15) is 10.2 Å². The Kier molecular flexibility index (Phi) is 3.46. The van der Waals surface area contributed by atoms with Crippen molar-refractivity contribution >= 4 is 0 Å². The molecule has 1 aromatic rings. The number of phenols is 1. The minimum Gasteiger partial charge on any atom is -0.508 e. The summed E-state index contributed by atoms with van der Waals surface area (Å²) >= 11 is 0. The first-order valence-electron chi connectivity index (χ1n) is 5.84. The summed E-state index contributed by atoms with van der Waals surface area (Å²) in [6.07, 6.45) is 2.07. The predicted octanol–water partition coefficient (Wildman–Crippen LogP) is 1.56.